The Hall–Kier alpha value is -3.55. The first-order valence-electron chi connectivity index (χ1n) is 8.50. The standard InChI is InChI=1S/C20H22N4O4/c1-12-10-22-20(13-6-7-17(27-4)21-11-13)24-19(12)23-14-8-15(25-2)18(28-5)16(9-14)26-3/h6-11H,1-5H3,(H,22,23,24). The number of benzene rings is 1. The smallest absolute Gasteiger partial charge is 0.212 e. The number of nitrogens with one attached hydrogen (secondary N) is 1. The highest BCUT2D eigenvalue weighted by atomic mass is 16.5. The monoisotopic (exact) mass is 382 g/mol. The second-order valence-corrected chi connectivity index (χ2v) is 5.85. The highest BCUT2D eigenvalue weighted by Gasteiger charge is 2.14. The van der Waals surface area contributed by atoms with Crippen LogP contribution in [0.1, 0.15) is 5.56 Å². The molecule has 1 aromatic carbocycles. The van der Waals surface area contributed by atoms with E-state index in [2.05, 4.69) is 20.3 Å². The Morgan fingerprint density at radius 2 is 1.54 bits per heavy atom. The normalized spacial score (nSPS) is 10.3. The molecular weight excluding hydrogens is 360 g/mol. The van der Waals surface area contributed by atoms with Crippen LogP contribution in [0, 0.1) is 6.92 Å². The van der Waals surface area contributed by atoms with Crippen molar-refractivity contribution < 1.29 is 18.9 Å². The molecule has 28 heavy (non-hydrogen) atoms. The summed E-state index contributed by atoms with van der Waals surface area (Å²) in [5.74, 6) is 3.38. The number of pyridine rings is 1. The summed E-state index contributed by atoms with van der Waals surface area (Å²) in [5, 5.41) is 3.29. The molecule has 0 spiro atoms. The van der Waals surface area contributed by atoms with E-state index >= 15 is 0 Å². The summed E-state index contributed by atoms with van der Waals surface area (Å²) in [6.07, 6.45) is 3.43. The highest BCUT2D eigenvalue weighted by molar-refractivity contribution is 5.69. The molecule has 2 heterocycles. The third-order valence-corrected chi connectivity index (χ3v) is 4.10. The third kappa shape index (κ3) is 3.90. The maximum absolute atomic E-state index is 5.40. The van der Waals surface area contributed by atoms with Gasteiger partial charge in [0.05, 0.1) is 28.4 Å². The Morgan fingerprint density at radius 1 is 0.821 bits per heavy atom. The highest BCUT2D eigenvalue weighted by Crippen LogP contribution is 2.40. The van der Waals surface area contributed by atoms with Gasteiger partial charge in [0.15, 0.2) is 17.3 Å². The molecular formula is C20H22N4O4. The van der Waals surface area contributed by atoms with Gasteiger partial charge in [-0.1, -0.05) is 0 Å². The number of hydrogen-bond acceptors (Lipinski definition) is 8. The van der Waals surface area contributed by atoms with Gasteiger partial charge in [-0.3, -0.25) is 0 Å². The molecule has 0 fully saturated rings. The Bertz CT molecular complexity index is 936. The average Bonchev–Trinajstić information content (AvgIpc) is 2.74. The van der Waals surface area contributed by atoms with E-state index in [9.17, 15) is 0 Å². The SMILES string of the molecule is COc1ccc(-c2ncc(C)c(Nc3cc(OC)c(OC)c(OC)c3)n2)cn1. The van der Waals surface area contributed by atoms with Crippen LogP contribution in [0.15, 0.2) is 36.7 Å². The van der Waals surface area contributed by atoms with Crippen molar-refractivity contribution in [3.8, 4) is 34.5 Å². The van der Waals surface area contributed by atoms with E-state index < -0.39 is 0 Å². The number of methoxy groups -OCH3 is 4. The molecule has 0 atom stereocenters. The van der Waals surface area contributed by atoms with Gasteiger partial charge >= 0.3 is 0 Å². The lowest BCUT2D eigenvalue weighted by atomic mass is 10.2. The van der Waals surface area contributed by atoms with Crippen molar-refractivity contribution in [2.45, 2.75) is 6.92 Å². The maximum Gasteiger partial charge on any atom is 0.212 e. The zero-order chi connectivity index (χ0) is 20.1. The molecule has 3 rings (SSSR count). The van der Waals surface area contributed by atoms with E-state index in [0.29, 0.717) is 34.8 Å². The molecule has 0 unspecified atom stereocenters. The summed E-state index contributed by atoms with van der Waals surface area (Å²) in [6.45, 7) is 1.93. The summed E-state index contributed by atoms with van der Waals surface area (Å²) in [6, 6.07) is 7.26. The van der Waals surface area contributed by atoms with E-state index in [1.807, 2.05) is 25.1 Å². The van der Waals surface area contributed by atoms with Crippen LogP contribution in [0.25, 0.3) is 11.4 Å². The molecule has 8 heteroatoms. The zero-order valence-corrected chi connectivity index (χ0v) is 16.4. The Morgan fingerprint density at radius 3 is 2.07 bits per heavy atom. The number of anilines is 2. The van der Waals surface area contributed by atoms with Crippen molar-refractivity contribution >= 4 is 11.5 Å². The first-order valence-corrected chi connectivity index (χ1v) is 8.50. The number of aryl methyl sites for hydroxylation is 1. The average molecular weight is 382 g/mol. The Kier molecular flexibility index (Phi) is 5.78. The molecule has 0 radical (unpaired) electrons. The van der Waals surface area contributed by atoms with Gasteiger partial charge in [0, 0.05) is 47.4 Å². The summed E-state index contributed by atoms with van der Waals surface area (Å²) in [4.78, 5) is 13.2. The van der Waals surface area contributed by atoms with Crippen LogP contribution in [0.5, 0.6) is 23.1 Å². The number of ether oxygens (including phenoxy) is 4. The van der Waals surface area contributed by atoms with Crippen molar-refractivity contribution in [2.24, 2.45) is 0 Å². The van der Waals surface area contributed by atoms with Gasteiger partial charge in [-0.2, -0.15) is 0 Å². The molecule has 0 saturated heterocycles. The molecule has 0 saturated carbocycles. The van der Waals surface area contributed by atoms with Crippen LogP contribution in [-0.2, 0) is 0 Å². The first-order chi connectivity index (χ1) is 13.6. The summed E-state index contributed by atoms with van der Waals surface area (Å²) < 4.78 is 21.3. The van der Waals surface area contributed by atoms with Gasteiger partial charge in [0.2, 0.25) is 11.6 Å². The molecule has 0 bridgehead atoms. The lowest BCUT2D eigenvalue weighted by molar-refractivity contribution is 0.324. The van der Waals surface area contributed by atoms with Crippen LogP contribution in [-0.4, -0.2) is 43.4 Å². The molecule has 0 amide bonds. The van der Waals surface area contributed by atoms with Crippen molar-refractivity contribution in [3.05, 3.63) is 42.2 Å². The van der Waals surface area contributed by atoms with Crippen LogP contribution < -0.4 is 24.3 Å². The number of aromatic nitrogens is 3. The fourth-order valence-corrected chi connectivity index (χ4v) is 2.63. The van der Waals surface area contributed by atoms with Gasteiger partial charge in [0.25, 0.3) is 0 Å². The molecule has 146 valence electrons. The largest absolute Gasteiger partial charge is 0.493 e. The fraction of sp³-hybridized carbons (Fsp3) is 0.250. The molecule has 3 aromatic rings. The lowest BCUT2D eigenvalue weighted by Crippen LogP contribution is -2.02. The van der Waals surface area contributed by atoms with Gasteiger partial charge in [-0.25, -0.2) is 15.0 Å². The molecule has 0 aliphatic carbocycles. The minimum atomic E-state index is 0.528. The maximum atomic E-state index is 5.40. The Balaban J connectivity index is 1.96. The predicted molar refractivity (Wildman–Crippen MR) is 106 cm³/mol. The topological polar surface area (TPSA) is 87.6 Å². The quantitative estimate of drug-likeness (QED) is 0.663. The Labute approximate surface area is 163 Å². The summed E-state index contributed by atoms with van der Waals surface area (Å²) >= 11 is 0. The molecule has 0 aliphatic heterocycles. The number of nitrogens with zero attached hydrogens (tertiary/aromatic N) is 3. The second-order valence-electron chi connectivity index (χ2n) is 5.85. The molecule has 1 N–H and O–H groups in total. The van der Waals surface area contributed by atoms with Gasteiger partial charge in [-0.15, -0.1) is 0 Å². The number of rotatable bonds is 7. The van der Waals surface area contributed by atoms with E-state index in [0.717, 1.165) is 16.8 Å². The van der Waals surface area contributed by atoms with Crippen LogP contribution in [0.4, 0.5) is 11.5 Å². The summed E-state index contributed by atoms with van der Waals surface area (Å²) in [7, 11) is 6.29. The molecule has 0 aliphatic rings. The predicted octanol–water partition coefficient (Wildman–Crippen LogP) is 3.63. The van der Waals surface area contributed by atoms with Crippen molar-refractivity contribution in [1.29, 1.82) is 0 Å². The van der Waals surface area contributed by atoms with Gasteiger partial charge in [0.1, 0.15) is 5.82 Å². The fourth-order valence-electron chi connectivity index (χ4n) is 2.63. The molecule has 8 nitrogen and oxygen atoms in total. The van der Waals surface area contributed by atoms with Crippen LogP contribution in [0.3, 0.4) is 0 Å². The lowest BCUT2D eigenvalue weighted by Gasteiger charge is -2.16. The third-order valence-electron chi connectivity index (χ3n) is 4.10. The second kappa shape index (κ2) is 8.43. The first kappa shape index (κ1) is 19.2. The summed E-state index contributed by atoms with van der Waals surface area (Å²) in [5.41, 5.74) is 2.42. The van der Waals surface area contributed by atoms with Crippen molar-refractivity contribution in [3.63, 3.8) is 0 Å². The van der Waals surface area contributed by atoms with Gasteiger partial charge < -0.3 is 24.3 Å². The number of hydrogen-bond donors (Lipinski definition) is 1. The van der Waals surface area contributed by atoms with Crippen LogP contribution >= 0.6 is 0 Å². The van der Waals surface area contributed by atoms with E-state index in [4.69, 9.17) is 18.9 Å². The molecule has 2 aromatic heterocycles. The van der Waals surface area contributed by atoms with E-state index in [1.165, 1.54) is 0 Å². The van der Waals surface area contributed by atoms with Crippen molar-refractivity contribution in [1.82, 2.24) is 15.0 Å². The van der Waals surface area contributed by atoms with Gasteiger partial charge in [-0.05, 0) is 13.0 Å². The minimum Gasteiger partial charge on any atom is -0.493 e. The van der Waals surface area contributed by atoms with Crippen molar-refractivity contribution in [2.75, 3.05) is 33.8 Å². The van der Waals surface area contributed by atoms with E-state index in [1.54, 1.807) is 46.9 Å². The minimum absolute atomic E-state index is 0.528. The van der Waals surface area contributed by atoms with E-state index in [-0.39, 0.29) is 0 Å². The zero-order valence-electron chi connectivity index (χ0n) is 16.4. The van der Waals surface area contributed by atoms with Crippen LogP contribution in [0.2, 0.25) is 0 Å².